The molecule has 0 N–H and O–H groups in total. The van der Waals surface area contributed by atoms with Gasteiger partial charge in [-0.25, -0.2) is 12.8 Å². The van der Waals surface area contributed by atoms with E-state index in [1.54, 1.807) is 10.8 Å². The van der Waals surface area contributed by atoms with E-state index in [2.05, 4.69) is 4.74 Å². The van der Waals surface area contributed by atoms with Crippen LogP contribution in [0.2, 0.25) is 0 Å². The van der Waals surface area contributed by atoms with Gasteiger partial charge in [-0.2, -0.15) is 11.3 Å². The summed E-state index contributed by atoms with van der Waals surface area (Å²) in [7, 11) is -3.68. The summed E-state index contributed by atoms with van der Waals surface area (Å²) in [4.78, 5) is -0.392. The zero-order valence-electron chi connectivity index (χ0n) is 13.7. The number of halogens is 4. The first kappa shape index (κ1) is 19.4. The molecule has 3 rings (SSSR count). The first-order valence-electron chi connectivity index (χ1n) is 7.47. The van der Waals surface area contributed by atoms with E-state index < -0.39 is 26.9 Å². The second-order valence-corrected chi connectivity index (χ2v) is 8.42. The third-order valence-corrected chi connectivity index (χ3v) is 5.58. The first-order valence-corrected chi connectivity index (χ1v) is 10.3. The summed E-state index contributed by atoms with van der Waals surface area (Å²) in [5, 5.41) is 3.53. The molecule has 0 aliphatic rings. The van der Waals surface area contributed by atoms with E-state index in [4.69, 9.17) is 0 Å². The maximum atomic E-state index is 14.2. The van der Waals surface area contributed by atoms with Crippen LogP contribution in [0.4, 0.5) is 17.6 Å². The van der Waals surface area contributed by atoms with Gasteiger partial charge in [0.25, 0.3) is 0 Å². The minimum absolute atomic E-state index is 0.341. The van der Waals surface area contributed by atoms with Crippen LogP contribution in [0.5, 0.6) is 5.75 Å². The van der Waals surface area contributed by atoms with Crippen molar-refractivity contribution in [2.75, 3.05) is 6.26 Å². The summed E-state index contributed by atoms with van der Waals surface area (Å²) in [6.45, 7) is 0. The number of hydrogen-bond donors (Lipinski definition) is 0. The van der Waals surface area contributed by atoms with Crippen molar-refractivity contribution in [3.8, 4) is 28.0 Å². The maximum absolute atomic E-state index is 14.2. The highest BCUT2D eigenvalue weighted by molar-refractivity contribution is 7.90. The van der Waals surface area contributed by atoms with Gasteiger partial charge in [-0.3, -0.25) is 0 Å². The van der Waals surface area contributed by atoms with Gasteiger partial charge >= 0.3 is 6.36 Å². The van der Waals surface area contributed by atoms with Crippen molar-refractivity contribution in [1.29, 1.82) is 0 Å². The van der Waals surface area contributed by atoms with Crippen LogP contribution in [-0.2, 0) is 9.84 Å². The predicted octanol–water partition coefficient (Wildman–Crippen LogP) is 5.52. The molecule has 2 aromatic carbocycles. The minimum Gasteiger partial charge on any atom is -0.406 e. The minimum atomic E-state index is -4.77. The third-order valence-electron chi connectivity index (χ3n) is 3.70. The SMILES string of the molecule is CS(=O)(=O)c1ccc(-c2cscc2-c2ccc(OC(F)(F)F)cc2)cc1F. The van der Waals surface area contributed by atoms with Crippen molar-refractivity contribution >= 4 is 21.2 Å². The molecule has 0 saturated carbocycles. The molecule has 0 radical (unpaired) electrons. The molecule has 0 aliphatic carbocycles. The normalized spacial score (nSPS) is 12.2. The van der Waals surface area contributed by atoms with Crippen LogP contribution in [0.3, 0.4) is 0 Å². The summed E-state index contributed by atoms with van der Waals surface area (Å²) < 4.78 is 77.9. The second kappa shape index (κ2) is 6.97. The fourth-order valence-corrected chi connectivity index (χ4v) is 4.14. The number of alkyl halides is 3. The molecule has 0 fully saturated rings. The monoisotopic (exact) mass is 416 g/mol. The number of hydrogen-bond acceptors (Lipinski definition) is 4. The number of rotatable bonds is 4. The van der Waals surface area contributed by atoms with Gasteiger partial charge in [0.05, 0.1) is 0 Å². The number of sulfone groups is 1. The predicted molar refractivity (Wildman–Crippen MR) is 94.9 cm³/mol. The third kappa shape index (κ3) is 4.48. The van der Waals surface area contributed by atoms with Gasteiger partial charge in [-0.05, 0) is 46.2 Å². The number of ether oxygens (including phenoxy) is 1. The summed E-state index contributed by atoms with van der Waals surface area (Å²) >= 11 is 1.33. The van der Waals surface area contributed by atoms with Crippen LogP contribution in [0.25, 0.3) is 22.3 Å². The molecule has 142 valence electrons. The van der Waals surface area contributed by atoms with Gasteiger partial charge in [0.15, 0.2) is 9.84 Å². The molecule has 0 spiro atoms. The van der Waals surface area contributed by atoms with Crippen molar-refractivity contribution in [2.24, 2.45) is 0 Å². The highest BCUT2D eigenvalue weighted by Gasteiger charge is 2.31. The molecule has 3 nitrogen and oxygen atoms in total. The Labute approximate surface area is 156 Å². The van der Waals surface area contributed by atoms with Crippen molar-refractivity contribution in [1.82, 2.24) is 0 Å². The van der Waals surface area contributed by atoms with E-state index in [0.29, 0.717) is 22.3 Å². The van der Waals surface area contributed by atoms with E-state index >= 15 is 0 Å². The quantitative estimate of drug-likeness (QED) is 0.526. The average molecular weight is 416 g/mol. The number of benzene rings is 2. The smallest absolute Gasteiger partial charge is 0.406 e. The number of thiophene rings is 1. The van der Waals surface area contributed by atoms with Gasteiger partial charge in [0.2, 0.25) is 0 Å². The van der Waals surface area contributed by atoms with Crippen molar-refractivity contribution in [3.05, 3.63) is 59.0 Å². The Balaban J connectivity index is 1.96. The molecule has 0 saturated heterocycles. The van der Waals surface area contributed by atoms with Gasteiger partial charge < -0.3 is 4.74 Å². The lowest BCUT2D eigenvalue weighted by Gasteiger charge is -2.10. The molecule has 0 bridgehead atoms. The van der Waals surface area contributed by atoms with E-state index in [1.165, 1.54) is 47.7 Å². The van der Waals surface area contributed by atoms with Crippen molar-refractivity contribution < 1.29 is 30.7 Å². The molecule has 0 amide bonds. The summed E-state index contributed by atoms with van der Waals surface area (Å²) in [5.74, 6) is -1.20. The lowest BCUT2D eigenvalue weighted by atomic mass is 9.99. The fourth-order valence-electron chi connectivity index (χ4n) is 2.55. The first-order chi connectivity index (χ1) is 12.5. The van der Waals surface area contributed by atoms with Crippen LogP contribution < -0.4 is 4.74 Å². The molecule has 0 atom stereocenters. The Bertz CT molecular complexity index is 1070. The Kier molecular flexibility index (Phi) is 5.00. The summed E-state index contributed by atoms with van der Waals surface area (Å²) in [6.07, 6.45) is -3.85. The molecule has 1 heterocycles. The van der Waals surface area contributed by atoms with Crippen LogP contribution >= 0.6 is 11.3 Å². The largest absolute Gasteiger partial charge is 0.573 e. The average Bonchev–Trinajstić information content (AvgIpc) is 3.02. The molecule has 0 unspecified atom stereocenters. The van der Waals surface area contributed by atoms with Gasteiger partial charge in [0, 0.05) is 17.4 Å². The highest BCUT2D eigenvalue weighted by atomic mass is 32.2. The zero-order chi connectivity index (χ0) is 19.8. The summed E-state index contributed by atoms with van der Waals surface area (Å²) in [5.41, 5.74) is 2.41. The molecular formula is C18H12F4O3S2. The van der Waals surface area contributed by atoms with Crippen LogP contribution in [0.15, 0.2) is 58.1 Å². The van der Waals surface area contributed by atoms with Crippen LogP contribution in [0, 0.1) is 5.82 Å². The van der Waals surface area contributed by atoms with Crippen molar-refractivity contribution in [3.63, 3.8) is 0 Å². The van der Waals surface area contributed by atoms with Gasteiger partial charge in [-0.15, -0.1) is 13.2 Å². The van der Waals surface area contributed by atoms with Crippen molar-refractivity contribution in [2.45, 2.75) is 11.3 Å². The topological polar surface area (TPSA) is 43.4 Å². The zero-order valence-corrected chi connectivity index (χ0v) is 15.4. The van der Waals surface area contributed by atoms with Gasteiger partial charge in [-0.1, -0.05) is 18.2 Å². The van der Waals surface area contributed by atoms with E-state index in [-0.39, 0.29) is 5.75 Å². The molecule has 27 heavy (non-hydrogen) atoms. The molecule has 0 aliphatic heterocycles. The molecule has 3 aromatic rings. The fraction of sp³-hybridized carbons (Fsp3) is 0.111. The maximum Gasteiger partial charge on any atom is 0.573 e. The van der Waals surface area contributed by atoms with Crippen LogP contribution in [-0.4, -0.2) is 21.0 Å². The van der Waals surface area contributed by atoms with Crippen LogP contribution in [0.1, 0.15) is 0 Å². The molecule has 9 heteroatoms. The van der Waals surface area contributed by atoms with Gasteiger partial charge in [0.1, 0.15) is 16.5 Å². The van der Waals surface area contributed by atoms with E-state index in [1.807, 2.05) is 0 Å². The Morgan fingerprint density at radius 1 is 0.926 bits per heavy atom. The lowest BCUT2D eigenvalue weighted by Crippen LogP contribution is -2.16. The summed E-state index contributed by atoms with van der Waals surface area (Å²) in [6, 6.07) is 9.13. The van der Waals surface area contributed by atoms with E-state index in [9.17, 15) is 26.0 Å². The second-order valence-electron chi connectivity index (χ2n) is 5.69. The Morgan fingerprint density at radius 2 is 1.48 bits per heavy atom. The highest BCUT2D eigenvalue weighted by Crippen LogP contribution is 2.37. The Hall–Kier alpha value is -2.39. The molecule has 1 aromatic heterocycles. The standard InChI is InChI=1S/C18H12F4O3S2/c1-27(23,24)17-7-4-12(8-16(17)19)15-10-26-9-14(15)11-2-5-13(6-3-11)25-18(20,21)22/h2-10H,1H3. The lowest BCUT2D eigenvalue weighted by molar-refractivity contribution is -0.274. The molecular weight excluding hydrogens is 404 g/mol. The Morgan fingerprint density at radius 3 is 2.00 bits per heavy atom. The van der Waals surface area contributed by atoms with E-state index in [0.717, 1.165) is 12.3 Å².